The first-order valence-corrected chi connectivity index (χ1v) is 10.8. The van der Waals surface area contributed by atoms with Crippen molar-refractivity contribution in [2.75, 3.05) is 13.2 Å². The van der Waals surface area contributed by atoms with Crippen LogP contribution >= 0.6 is 0 Å². The minimum atomic E-state index is -0.263. The second kappa shape index (κ2) is 8.99. The van der Waals surface area contributed by atoms with Gasteiger partial charge in [0.1, 0.15) is 11.5 Å². The van der Waals surface area contributed by atoms with Crippen molar-refractivity contribution in [1.29, 1.82) is 0 Å². The van der Waals surface area contributed by atoms with Gasteiger partial charge in [0.05, 0.1) is 0 Å². The Labute approximate surface area is 181 Å². The molecule has 2 rings (SSSR count). The second-order valence-electron chi connectivity index (χ2n) is 10.3. The lowest BCUT2D eigenvalue weighted by Crippen LogP contribution is -2.15. The molecule has 4 heteroatoms. The van der Waals surface area contributed by atoms with Crippen molar-refractivity contribution in [1.82, 2.24) is 0 Å². The average molecular weight is 415 g/mol. The van der Waals surface area contributed by atoms with Gasteiger partial charge in [-0.2, -0.15) is 0 Å². The van der Waals surface area contributed by atoms with Crippen LogP contribution in [0.3, 0.4) is 0 Å². The van der Waals surface area contributed by atoms with Gasteiger partial charge in [-0.1, -0.05) is 72.7 Å². The van der Waals surface area contributed by atoms with Gasteiger partial charge in [0.25, 0.3) is 0 Å². The Bertz CT molecular complexity index is 812. The first-order valence-electron chi connectivity index (χ1n) is 10.8. The highest BCUT2D eigenvalue weighted by molar-refractivity contribution is 5.56. The average Bonchev–Trinajstić information content (AvgIpc) is 2.62. The zero-order chi connectivity index (χ0) is 22.9. The molecule has 30 heavy (non-hydrogen) atoms. The van der Waals surface area contributed by atoms with Crippen LogP contribution in [0, 0.1) is 0 Å². The Balaban J connectivity index is 2.74. The minimum absolute atomic E-state index is 0.0353. The Morgan fingerprint density at radius 1 is 0.667 bits per heavy atom. The van der Waals surface area contributed by atoms with Gasteiger partial charge in [0.2, 0.25) is 0 Å². The number of phenols is 2. The molecule has 0 amide bonds. The highest BCUT2D eigenvalue weighted by Crippen LogP contribution is 2.44. The SMILES string of the molecule is CC(c1cc(CCO)cc(C(C)(C)C)c1O)c1cc(CCO)cc(C(C)(C)C)c1O. The van der Waals surface area contributed by atoms with Gasteiger partial charge >= 0.3 is 0 Å². The molecule has 0 aliphatic rings. The van der Waals surface area contributed by atoms with Gasteiger partial charge in [-0.05, 0) is 45.9 Å². The van der Waals surface area contributed by atoms with E-state index in [-0.39, 0.29) is 41.5 Å². The van der Waals surface area contributed by atoms with E-state index in [0.29, 0.717) is 12.8 Å². The molecule has 0 aromatic heterocycles. The summed E-state index contributed by atoms with van der Waals surface area (Å²) in [6.45, 7) is 14.4. The molecule has 0 heterocycles. The second-order valence-corrected chi connectivity index (χ2v) is 10.3. The molecule has 0 aliphatic heterocycles. The van der Waals surface area contributed by atoms with Gasteiger partial charge in [0, 0.05) is 30.3 Å². The van der Waals surface area contributed by atoms with Crippen LogP contribution in [-0.2, 0) is 23.7 Å². The van der Waals surface area contributed by atoms with Gasteiger partial charge in [0.15, 0.2) is 0 Å². The van der Waals surface area contributed by atoms with Crippen molar-refractivity contribution in [2.45, 2.75) is 78.1 Å². The zero-order valence-electron chi connectivity index (χ0n) is 19.5. The summed E-state index contributed by atoms with van der Waals surface area (Å²) in [6.07, 6.45) is 1.01. The molecule has 0 atom stereocenters. The number of phenolic OH excluding ortho intramolecular Hbond substituents is 2. The standard InChI is InChI=1S/C26H38O4/c1-16(19-12-17(8-10-27)14-21(23(19)29)25(2,3)4)20-13-18(9-11-28)15-22(24(20)30)26(5,6)7/h12-16,27-30H,8-11H2,1-7H3. The van der Waals surface area contributed by atoms with Gasteiger partial charge < -0.3 is 20.4 Å². The number of aliphatic hydroxyl groups is 2. The zero-order valence-corrected chi connectivity index (χ0v) is 19.5. The Morgan fingerprint density at radius 3 is 1.27 bits per heavy atom. The fraction of sp³-hybridized carbons (Fsp3) is 0.538. The molecule has 0 aliphatic carbocycles. The fourth-order valence-electron chi connectivity index (χ4n) is 3.96. The smallest absolute Gasteiger partial charge is 0.123 e. The van der Waals surface area contributed by atoms with Crippen molar-refractivity contribution in [3.05, 3.63) is 57.6 Å². The molecule has 0 saturated heterocycles. The molecule has 0 spiro atoms. The summed E-state index contributed by atoms with van der Waals surface area (Å²) in [4.78, 5) is 0. The summed E-state index contributed by atoms with van der Waals surface area (Å²) < 4.78 is 0. The van der Waals surface area contributed by atoms with Crippen LogP contribution in [0.1, 0.15) is 87.8 Å². The molecule has 2 aromatic carbocycles. The van der Waals surface area contributed by atoms with Gasteiger partial charge in [-0.15, -0.1) is 0 Å². The van der Waals surface area contributed by atoms with Crippen LogP contribution in [0.15, 0.2) is 24.3 Å². The Hall–Kier alpha value is -2.04. The summed E-state index contributed by atoms with van der Waals surface area (Å²) in [5.74, 6) is 0.214. The van der Waals surface area contributed by atoms with Crippen LogP contribution in [0.25, 0.3) is 0 Å². The summed E-state index contributed by atoms with van der Waals surface area (Å²) in [5, 5.41) is 41.3. The number of aromatic hydroxyl groups is 2. The van der Waals surface area contributed by atoms with Crippen molar-refractivity contribution in [3.8, 4) is 11.5 Å². The van der Waals surface area contributed by atoms with Crippen LogP contribution in [-0.4, -0.2) is 33.6 Å². The summed E-state index contributed by atoms with van der Waals surface area (Å²) in [5.41, 5.74) is 4.54. The summed E-state index contributed by atoms with van der Waals surface area (Å²) in [6, 6.07) is 7.79. The number of benzene rings is 2. The molecule has 0 radical (unpaired) electrons. The molecule has 4 nitrogen and oxygen atoms in total. The van der Waals surface area contributed by atoms with E-state index < -0.39 is 0 Å². The lowest BCUT2D eigenvalue weighted by Gasteiger charge is -2.28. The van der Waals surface area contributed by atoms with Crippen molar-refractivity contribution >= 4 is 0 Å². The third-order valence-electron chi connectivity index (χ3n) is 5.75. The maximum Gasteiger partial charge on any atom is 0.123 e. The van der Waals surface area contributed by atoms with Crippen molar-refractivity contribution in [2.24, 2.45) is 0 Å². The molecule has 166 valence electrons. The first-order chi connectivity index (χ1) is 13.8. The van der Waals surface area contributed by atoms with E-state index in [4.69, 9.17) is 0 Å². The summed E-state index contributed by atoms with van der Waals surface area (Å²) in [7, 11) is 0. The predicted molar refractivity (Wildman–Crippen MR) is 123 cm³/mol. The number of rotatable bonds is 6. The van der Waals surface area contributed by atoms with Crippen molar-refractivity contribution < 1.29 is 20.4 Å². The number of hydrogen-bond donors (Lipinski definition) is 4. The quantitative estimate of drug-likeness (QED) is 0.541. The molecular formula is C26H38O4. The van der Waals surface area contributed by atoms with E-state index in [2.05, 4.69) is 41.5 Å². The van der Waals surface area contributed by atoms with Crippen LogP contribution in [0.5, 0.6) is 11.5 Å². The highest BCUT2D eigenvalue weighted by Gasteiger charge is 2.28. The van der Waals surface area contributed by atoms with E-state index in [0.717, 1.165) is 33.4 Å². The molecule has 0 unspecified atom stereocenters. The van der Waals surface area contributed by atoms with Gasteiger partial charge in [-0.25, -0.2) is 0 Å². The van der Waals surface area contributed by atoms with E-state index in [9.17, 15) is 20.4 Å². The monoisotopic (exact) mass is 414 g/mol. The fourth-order valence-corrected chi connectivity index (χ4v) is 3.96. The third kappa shape index (κ3) is 5.16. The maximum atomic E-state index is 11.2. The van der Waals surface area contributed by atoms with Crippen molar-refractivity contribution in [3.63, 3.8) is 0 Å². The first kappa shape index (κ1) is 24.2. The van der Waals surface area contributed by atoms with E-state index >= 15 is 0 Å². The largest absolute Gasteiger partial charge is 0.507 e. The molecule has 0 bridgehead atoms. The highest BCUT2D eigenvalue weighted by atomic mass is 16.3. The van der Waals surface area contributed by atoms with Crippen LogP contribution in [0.2, 0.25) is 0 Å². The van der Waals surface area contributed by atoms with Crippen LogP contribution < -0.4 is 0 Å². The Kier molecular flexibility index (Phi) is 7.26. The number of hydrogen-bond acceptors (Lipinski definition) is 4. The van der Waals surface area contributed by atoms with E-state index in [1.54, 1.807) is 0 Å². The number of aliphatic hydroxyl groups excluding tert-OH is 2. The molecule has 0 fully saturated rings. The van der Waals surface area contributed by atoms with Crippen LogP contribution in [0.4, 0.5) is 0 Å². The molecule has 2 aromatic rings. The van der Waals surface area contributed by atoms with Gasteiger partial charge in [-0.3, -0.25) is 0 Å². The lowest BCUT2D eigenvalue weighted by molar-refractivity contribution is 0.299. The van der Waals surface area contributed by atoms with E-state index in [1.165, 1.54) is 0 Å². The third-order valence-corrected chi connectivity index (χ3v) is 5.75. The maximum absolute atomic E-state index is 11.2. The summed E-state index contributed by atoms with van der Waals surface area (Å²) >= 11 is 0. The normalized spacial score (nSPS) is 12.6. The van der Waals surface area contributed by atoms with E-state index in [1.807, 2.05) is 31.2 Å². The predicted octanol–water partition coefficient (Wildman–Crippen LogP) is 4.91. The molecule has 0 saturated carbocycles. The molecular weight excluding hydrogens is 376 g/mol. The molecule has 4 N–H and O–H groups in total. The Morgan fingerprint density at radius 2 is 1.00 bits per heavy atom. The lowest BCUT2D eigenvalue weighted by atomic mass is 9.78. The minimum Gasteiger partial charge on any atom is -0.507 e. The topological polar surface area (TPSA) is 80.9 Å².